The largest absolute Gasteiger partial charge is 0.388 e. The Bertz CT molecular complexity index is 791. The highest BCUT2D eigenvalue weighted by Gasteiger charge is 2.23. The van der Waals surface area contributed by atoms with Gasteiger partial charge < -0.3 is 10.8 Å². The van der Waals surface area contributed by atoms with Crippen molar-refractivity contribution in [3.05, 3.63) is 77.1 Å². The van der Waals surface area contributed by atoms with Crippen LogP contribution in [0.5, 0.6) is 0 Å². The van der Waals surface area contributed by atoms with Gasteiger partial charge in [0.1, 0.15) is 0 Å². The average molecular weight is 313 g/mol. The van der Waals surface area contributed by atoms with Gasteiger partial charge in [-0.05, 0) is 22.4 Å². The molecule has 3 N–H and O–H groups in total. The molecule has 3 nitrogen and oxygen atoms in total. The van der Waals surface area contributed by atoms with Crippen LogP contribution >= 0.6 is 11.6 Å². The maximum atomic E-state index is 10.7. The number of halogens is 1. The first kappa shape index (κ1) is 15.0. The van der Waals surface area contributed by atoms with Crippen LogP contribution in [0, 0.1) is 0 Å². The molecule has 1 aromatic heterocycles. The van der Waals surface area contributed by atoms with Crippen molar-refractivity contribution in [1.82, 2.24) is 4.98 Å². The molecule has 3 aromatic rings. The Morgan fingerprint density at radius 1 is 1.09 bits per heavy atom. The monoisotopic (exact) mass is 312 g/mol. The molecule has 0 aliphatic rings. The molecule has 2 atom stereocenters. The molecule has 0 aliphatic heterocycles. The predicted molar refractivity (Wildman–Crippen MR) is 90.0 cm³/mol. The van der Waals surface area contributed by atoms with Crippen LogP contribution in [0.15, 0.2) is 60.9 Å². The molecule has 0 saturated heterocycles. The molecule has 0 aliphatic carbocycles. The minimum atomic E-state index is -0.762. The third kappa shape index (κ3) is 2.83. The van der Waals surface area contributed by atoms with Crippen molar-refractivity contribution in [2.45, 2.75) is 12.0 Å². The molecule has 112 valence electrons. The first-order valence-electron chi connectivity index (χ1n) is 7.17. The van der Waals surface area contributed by atoms with Gasteiger partial charge in [0, 0.05) is 30.4 Å². The van der Waals surface area contributed by atoms with Crippen molar-refractivity contribution in [3.8, 4) is 0 Å². The van der Waals surface area contributed by atoms with Crippen LogP contribution in [0.4, 0.5) is 0 Å². The zero-order chi connectivity index (χ0) is 15.5. The van der Waals surface area contributed by atoms with E-state index in [1.807, 2.05) is 24.3 Å². The summed E-state index contributed by atoms with van der Waals surface area (Å²) < 4.78 is 0. The van der Waals surface area contributed by atoms with Crippen molar-refractivity contribution >= 4 is 22.4 Å². The van der Waals surface area contributed by atoms with E-state index in [0.29, 0.717) is 17.1 Å². The Hall–Kier alpha value is -1.94. The zero-order valence-electron chi connectivity index (χ0n) is 12.0. The summed E-state index contributed by atoms with van der Waals surface area (Å²) in [5, 5.41) is 13.4. The molecule has 0 fully saturated rings. The van der Waals surface area contributed by atoms with E-state index < -0.39 is 6.10 Å². The van der Waals surface area contributed by atoms with E-state index in [1.165, 1.54) is 11.6 Å². The first-order chi connectivity index (χ1) is 10.7. The summed E-state index contributed by atoms with van der Waals surface area (Å²) in [6.45, 7) is 0.332. The standard InChI is InChI=1S/C18H17ClN2O/c19-17-11-21-8-7-15(17)18(22)16(10-20)14-6-5-12-3-1-2-4-13(12)9-14/h1-9,11,16,18,22H,10,20H2. The van der Waals surface area contributed by atoms with Crippen LogP contribution < -0.4 is 5.73 Å². The van der Waals surface area contributed by atoms with E-state index >= 15 is 0 Å². The van der Waals surface area contributed by atoms with Crippen molar-refractivity contribution in [2.75, 3.05) is 6.54 Å². The number of hydrogen-bond acceptors (Lipinski definition) is 3. The van der Waals surface area contributed by atoms with Crippen LogP contribution in [0.2, 0.25) is 5.02 Å². The second-order valence-corrected chi connectivity index (χ2v) is 5.70. The maximum Gasteiger partial charge on any atom is 0.0886 e. The summed E-state index contributed by atoms with van der Waals surface area (Å²) in [6, 6.07) is 16.0. The summed E-state index contributed by atoms with van der Waals surface area (Å²) in [7, 11) is 0. The van der Waals surface area contributed by atoms with Crippen molar-refractivity contribution in [2.24, 2.45) is 5.73 Å². The molecular formula is C18H17ClN2O. The molecular weight excluding hydrogens is 296 g/mol. The second kappa shape index (κ2) is 6.44. The maximum absolute atomic E-state index is 10.7. The molecule has 0 amide bonds. The fourth-order valence-corrected chi connectivity index (χ4v) is 2.96. The SMILES string of the molecule is NCC(c1ccc2ccccc2c1)C(O)c1ccncc1Cl. The average Bonchev–Trinajstić information content (AvgIpc) is 2.55. The smallest absolute Gasteiger partial charge is 0.0886 e. The number of nitrogens with zero attached hydrogens (tertiary/aromatic N) is 1. The molecule has 0 saturated carbocycles. The van der Waals surface area contributed by atoms with Gasteiger partial charge in [0.05, 0.1) is 11.1 Å². The van der Waals surface area contributed by atoms with Gasteiger partial charge in [-0.25, -0.2) is 0 Å². The van der Waals surface area contributed by atoms with E-state index in [4.69, 9.17) is 17.3 Å². The Morgan fingerprint density at radius 2 is 1.86 bits per heavy atom. The Balaban J connectivity index is 2.00. The van der Waals surface area contributed by atoms with Crippen molar-refractivity contribution in [1.29, 1.82) is 0 Å². The number of aliphatic hydroxyl groups excluding tert-OH is 1. The van der Waals surface area contributed by atoms with E-state index in [1.54, 1.807) is 12.3 Å². The summed E-state index contributed by atoms with van der Waals surface area (Å²) in [4.78, 5) is 3.95. The van der Waals surface area contributed by atoms with Gasteiger partial charge in [0.15, 0.2) is 0 Å². The third-order valence-electron chi connectivity index (χ3n) is 3.96. The summed E-state index contributed by atoms with van der Waals surface area (Å²) in [5.74, 6) is -0.218. The highest BCUT2D eigenvalue weighted by molar-refractivity contribution is 6.31. The number of aromatic nitrogens is 1. The second-order valence-electron chi connectivity index (χ2n) is 5.29. The number of benzene rings is 2. The van der Waals surface area contributed by atoms with Gasteiger partial charge in [0.25, 0.3) is 0 Å². The number of nitrogens with two attached hydrogens (primary N) is 1. The lowest BCUT2D eigenvalue weighted by Crippen LogP contribution is -2.20. The molecule has 4 heteroatoms. The fraction of sp³-hybridized carbons (Fsp3) is 0.167. The summed E-state index contributed by atoms with van der Waals surface area (Å²) in [5.41, 5.74) is 7.57. The number of fused-ring (bicyclic) bond motifs is 1. The van der Waals surface area contributed by atoms with Gasteiger partial charge >= 0.3 is 0 Å². The molecule has 1 heterocycles. The third-order valence-corrected chi connectivity index (χ3v) is 4.28. The molecule has 0 bridgehead atoms. The molecule has 2 unspecified atom stereocenters. The molecule has 0 radical (unpaired) electrons. The molecule has 3 rings (SSSR count). The van der Waals surface area contributed by atoms with E-state index in [-0.39, 0.29) is 5.92 Å². The highest BCUT2D eigenvalue weighted by atomic mass is 35.5. The van der Waals surface area contributed by atoms with Gasteiger partial charge in [-0.15, -0.1) is 0 Å². The number of pyridine rings is 1. The lowest BCUT2D eigenvalue weighted by atomic mass is 9.88. The van der Waals surface area contributed by atoms with Gasteiger partial charge in [-0.3, -0.25) is 4.98 Å². The molecule has 0 spiro atoms. The van der Waals surface area contributed by atoms with Crippen LogP contribution in [-0.4, -0.2) is 16.6 Å². The Kier molecular flexibility index (Phi) is 4.39. The van der Waals surface area contributed by atoms with Gasteiger partial charge in [0.2, 0.25) is 0 Å². The number of rotatable bonds is 4. The number of hydrogen-bond donors (Lipinski definition) is 2. The van der Waals surface area contributed by atoms with Crippen LogP contribution in [0.1, 0.15) is 23.1 Å². The van der Waals surface area contributed by atoms with Crippen LogP contribution in [-0.2, 0) is 0 Å². The normalized spacial score (nSPS) is 14.0. The van der Waals surface area contributed by atoms with E-state index in [0.717, 1.165) is 10.9 Å². The number of aliphatic hydroxyl groups is 1. The van der Waals surface area contributed by atoms with Crippen molar-refractivity contribution < 1.29 is 5.11 Å². The van der Waals surface area contributed by atoms with Gasteiger partial charge in [-0.1, -0.05) is 54.1 Å². The van der Waals surface area contributed by atoms with E-state index in [2.05, 4.69) is 23.2 Å². The van der Waals surface area contributed by atoms with Crippen LogP contribution in [0.25, 0.3) is 10.8 Å². The quantitative estimate of drug-likeness (QED) is 0.773. The Labute approximate surface area is 134 Å². The van der Waals surface area contributed by atoms with Crippen molar-refractivity contribution in [3.63, 3.8) is 0 Å². The highest BCUT2D eigenvalue weighted by Crippen LogP contribution is 2.34. The predicted octanol–water partition coefficient (Wildman–Crippen LogP) is 3.66. The first-order valence-corrected chi connectivity index (χ1v) is 7.54. The summed E-state index contributed by atoms with van der Waals surface area (Å²) in [6.07, 6.45) is 2.40. The summed E-state index contributed by atoms with van der Waals surface area (Å²) >= 11 is 6.14. The zero-order valence-corrected chi connectivity index (χ0v) is 12.7. The minimum absolute atomic E-state index is 0.218. The fourth-order valence-electron chi connectivity index (χ4n) is 2.73. The lowest BCUT2D eigenvalue weighted by molar-refractivity contribution is 0.147. The van der Waals surface area contributed by atoms with E-state index in [9.17, 15) is 5.11 Å². The minimum Gasteiger partial charge on any atom is -0.388 e. The molecule has 2 aromatic carbocycles. The van der Waals surface area contributed by atoms with Gasteiger partial charge in [-0.2, -0.15) is 0 Å². The Morgan fingerprint density at radius 3 is 2.59 bits per heavy atom. The lowest BCUT2D eigenvalue weighted by Gasteiger charge is -2.23. The van der Waals surface area contributed by atoms with Crippen LogP contribution in [0.3, 0.4) is 0 Å². The topological polar surface area (TPSA) is 59.1 Å². The molecule has 22 heavy (non-hydrogen) atoms.